The van der Waals surface area contributed by atoms with Crippen molar-refractivity contribution in [2.45, 2.75) is 0 Å². The van der Waals surface area contributed by atoms with Gasteiger partial charge in [-0.15, -0.1) is 0 Å². The standard InChI is InChI=1S/C40H26N2O2/c1-3-9-29(10-4-1)39-37(31-19-15-27(16-20-31)35-23-41-25-43-35)33-13-7-8-14-34(33)38(40(39)30-11-5-2-6-12-30)32-21-17-28(18-22-32)36-24-42-26-44-36/h1-26H. The maximum absolute atomic E-state index is 5.58. The molecule has 0 atom stereocenters. The molecule has 0 unspecified atom stereocenters. The first-order valence-electron chi connectivity index (χ1n) is 14.5. The van der Waals surface area contributed by atoms with E-state index in [2.05, 4.69) is 143 Å². The van der Waals surface area contributed by atoms with Crippen LogP contribution in [0.3, 0.4) is 0 Å². The molecule has 0 aliphatic heterocycles. The second kappa shape index (κ2) is 11.0. The highest BCUT2D eigenvalue weighted by molar-refractivity contribution is 6.18. The van der Waals surface area contributed by atoms with Crippen molar-refractivity contribution in [3.05, 3.63) is 159 Å². The van der Waals surface area contributed by atoms with Crippen LogP contribution >= 0.6 is 0 Å². The van der Waals surface area contributed by atoms with Crippen LogP contribution in [0.15, 0.2) is 167 Å². The third kappa shape index (κ3) is 4.50. The number of nitrogens with zero attached hydrogens (tertiary/aromatic N) is 2. The summed E-state index contributed by atoms with van der Waals surface area (Å²) in [6.45, 7) is 0. The van der Waals surface area contributed by atoms with Crippen LogP contribution in [0.5, 0.6) is 0 Å². The second-order valence-electron chi connectivity index (χ2n) is 10.7. The Morgan fingerprint density at radius 1 is 0.318 bits per heavy atom. The third-order valence-corrected chi connectivity index (χ3v) is 8.12. The summed E-state index contributed by atoms with van der Waals surface area (Å²) in [5.41, 5.74) is 11.3. The normalized spacial score (nSPS) is 11.2. The van der Waals surface area contributed by atoms with E-state index in [4.69, 9.17) is 8.83 Å². The predicted molar refractivity (Wildman–Crippen MR) is 177 cm³/mol. The summed E-state index contributed by atoms with van der Waals surface area (Å²) in [5.74, 6) is 1.50. The lowest BCUT2D eigenvalue weighted by atomic mass is 9.79. The van der Waals surface area contributed by atoms with Crippen molar-refractivity contribution in [2.75, 3.05) is 0 Å². The molecule has 0 radical (unpaired) electrons. The summed E-state index contributed by atoms with van der Waals surface area (Å²) in [5, 5.41) is 2.38. The monoisotopic (exact) mass is 566 g/mol. The molecule has 0 fully saturated rings. The maximum atomic E-state index is 5.58. The fourth-order valence-corrected chi connectivity index (χ4v) is 6.14. The molecule has 44 heavy (non-hydrogen) atoms. The third-order valence-electron chi connectivity index (χ3n) is 8.12. The van der Waals surface area contributed by atoms with Crippen molar-refractivity contribution in [3.8, 4) is 67.2 Å². The van der Waals surface area contributed by atoms with Crippen LogP contribution in [0, 0.1) is 0 Å². The van der Waals surface area contributed by atoms with Crippen molar-refractivity contribution in [1.29, 1.82) is 0 Å². The van der Waals surface area contributed by atoms with E-state index in [0.29, 0.717) is 0 Å². The summed E-state index contributed by atoms with van der Waals surface area (Å²) in [4.78, 5) is 8.20. The lowest BCUT2D eigenvalue weighted by Crippen LogP contribution is -1.97. The van der Waals surface area contributed by atoms with Crippen LogP contribution in [0.4, 0.5) is 0 Å². The molecule has 8 aromatic rings. The number of aromatic nitrogens is 2. The van der Waals surface area contributed by atoms with Crippen molar-refractivity contribution >= 4 is 10.8 Å². The fraction of sp³-hybridized carbons (Fsp3) is 0. The summed E-state index contributed by atoms with van der Waals surface area (Å²) in [6.07, 6.45) is 6.42. The Hall–Kier alpha value is -6.00. The van der Waals surface area contributed by atoms with E-state index in [0.717, 1.165) is 44.9 Å². The van der Waals surface area contributed by atoms with Gasteiger partial charge in [0.1, 0.15) is 0 Å². The van der Waals surface area contributed by atoms with Crippen molar-refractivity contribution in [3.63, 3.8) is 0 Å². The van der Waals surface area contributed by atoms with Gasteiger partial charge >= 0.3 is 0 Å². The SMILES string of the molecule is c1ccc(-c2c(-c3ccccc3)c(-c3ccc(-c4cnco4)cc3)c3ccccc3c2-c2ccc(-c3cnco3)cc2)cc1. The lowest BCUT2D eigenvalue weighted by molar-refractivity contribution is 0.571. The molecular weight excluding hydrogens is 540 g/mol. The zero-order valence-corrected chi connectivity index (χ0v) is 23.7. The minimum atomic E-state index is 0.749. The highest BCUT2D eigenvalue weighted by atomic mass is 16.3. The van der Waals surface area contributed by atoms with Crippen LogP contribution in [0.2, 0.25) is 0 Å². The molecule has 0 bridgehead atoms. The summed E-state index contributed by atoms with van der Waals surface area (Å²) in [7, 11) is 0. The van der Waals surface area contributed by atoms with Gasteiger partial charge in [-0.25, -0.2) is 9.97 Å². The fourth-order valence-electron chi connectivity index (χ4n) is 6.14. The van der Waals surface area contributed by atoms with E-state index >= 15 is 0 Å². The molecule has 0 saturated carbocycles. The van der Waals surface area contributed by atoms with Gasteiger partial charge in [0.2, 0.25) is 0 Å². The smallest absolute Gasteiger partial charge is 0.181 e. The van der Waals surface area contributed by atoms with E-state index in [-0.39, 0.29) is 0 Å². The Morgan fingerprint density at radius 3 is 1.02 bits per heavy atom. The first-order chi connectivity index (χ1) is 21.8. The summed E-state index contributed by atoms with van der Waals surface area (Å²) < 4.78 is 11.2. The van der Waals surface area contributed by atoms with Crippen LogP contribution in [-0.4, -0.2) is 9.97 Å². The van der Waals surface area contributed by atoms with Crippen LogP contribution < -0.4 is 0 Å². The highest BCUT2D eigenvalue weighted by Crippen LogP contribution is 2.51. The molecule has 0 saturated heterocycles. The Labute approximate surface area is 254 Å². The van der Waals surface area contributed by atoms with Gasteiger partial charge in [-0.2, -0.15) is 0 Å². The van der Waals surface area contributed by atoms with Gasteiger partial charge in [0, 0.05) is 11.1 Å². The zero-order chi connectivity index (χ0) is 29.3. The maximum Gasteiger partial charge on any atom is 0.181 e. The van der Waals surface area contributed by atoms with E-state index in [9.17, 15) is 0 Å². The van der Waals surface area contributed by atoms with Gasteiger partial charge in [0.15, 0.2) is 24.3 Å². The number of rotatable bonds is 6. The first kappa shape index (κ1) is 25.7. The Kier molecular flexibility index (Phi) is 6.43. The molecule has 4 heteroatoms. The first-order valence-corrected chi connectivity index (χ1v) is 14.5. The number of hydrogen-bond acceptors (Lipinski definition) is 4. The van der Waals surface area contributed by atoms with Gasteiger partial charge in [0.25, 0.3) is 0 Å². The number of hydrogen-bond donors (Lipinski definition) is 0. The molecule has 0 amide bonds. The van der Waals surface area contributed by atoms with Crippen molar-refractivity contribution in [1.82, 2.24) is 9.97 Å². The van der Waals surface area contributed by atoms with Crippen LogP contribution in [-0.2, 0) is 0 Å². The van der Waals surface area contributed by atoms with Gasteiger partial charge in [-0.1, -0.05) is 133 Å². The van der Waals surface area contributed by atoms with E-state index in [1.807, 2.05) is 0 Å². The molecule has 6 aromatic carbocycles. The molecule has 2 aromatic heterocycles. The predicted octanol–water partition coefficient (Wildman–Crippen LogP) is 10.8. The molecule has 0 spiro atoms. The Balaban J connectivity index is 1.47. The summed E-state index contributed by atoms with van der Waals surface area (Å²) in [6, 6.07) is 47.3. The topological polar surface area (TPSA) is 52.1 Å². The lowest BCUT2D eigenvalue weighted by Gasteiger charge is -2.24. The highest BCUT2D eigenvalue weighted by Gasteiger charge is 2.24. The second-order valence-corrected chi connectivity index (χ2v) is 10.7. The molecule has 0 N–H and O–H groups in total. The number of fused-ring (bicyclic) bond motifs is 1. The van der Waals surface area contributed by atoms with E-state index in [1.54, 1.807) is 12.4 Å². The minimum absolute atomic E-state index is 0.749. The van der Waals surface area contributed by atoms with Gasteiger partial charge in [-0.3, -0.25) is 0 Å². The van der Waals surface area contributed by atoms with Crippen LogP contribution in [0.25, 0.3) is 77.9 Å². The Morgan fingerprint density at radius 2 is 0.659 bits per heavy atom. The largest absolute Gasteiger partial charge is 0.444 e. The average molecular weight is 567 g/mol. The molecular formula is C40H26N2O2. The Bertz CT molecular complexity index is 2010. The zero-order valence-electron chi connectivity index (χ0n) is 23.7. The number of benzene rings is 6. The molecule has 0 aliphatic carbocycles. The van der Waals surface area contributed by atoms with Crippen LogP contribution in [0.1, 0.15) is 0 Å². The van der Waals surface area contributed by atoms with E-state index in [1.165, 1.54) is 45.8 Å². The average Bonchev–Trinajstić information content (AvgIpc) is 3.84. The van der Waals surface area contributed by atoms with Gasteiger partial charge in [0.05, 0.1) is 12.4 Å². The van der Waals surface area contributed by atoms with Crippen molar-refractivity contribution < 1.29 is 8.83 Å². The van der Waals surface area contributed by atoms with Gasteiger partial charge in [-0.05, 0) is 55.3 Å². The molecule has 208 valence electrons. The quantitative estimate of drug-likeness (QED) is 0.201. The number of oxazole rings is 2. The molecule has 0 aliphatic rings. The summed E-state index contributed by atoms with van der Waals surface area (Å²) >= 11 is 0. The molecule has 2 heterocycles. The van der Waals surface area contributed by atoms with Crippen molar-refractivity contribution in [2.24, 2.45) is 0 Å². The molecule has 8 rings (SSSR count). The molecule has 4 nitrogen and oxygen atoms in total. The minimum Gasteiger partial charge on any atom is -0.444 e. The van der Waals surface area contributed by atoms with Gasteiger partial charge < -0.3 is 8.83 Å². The van der Waals surface area contributed by atoms with E-state index < -0.39 is 0 Å².